The minimum Gasteiger partial charge on any atom is -0.377 e. The largest absolute Gasteiger partial charge is 0.422 e. The summed E-state index contributed by atoms with van der Waals surface area (Å²) in [5.74, 6) is -2.92. The average Bonchev–Trinajstić information content (AvgIpc) is 3.08. The highest BCUT2D eigenvalue weighted by Crippen LogP contribution is 2.23. The summed E-state index contributed by atoms with van der Waals surface area (Å²) in [6.07, 6.45) is 0. The summed E-state index contributed by atoms with van der Waals surface area (Å²) >= 11 is 0. The number of carbonyl (C=O) groups is 3. The van der Waals surface area contributed by atoms with E-state index in [0.29, 0.717) is 5.06 Å². The second kappa shape index (κ2) is 5.37. The van der Waals surface area contributed by atoms with E-state index in [9.17, 15) is 14.4 Å². The third-order valence-electron chi connectivity index (χ3n) is 2.85. The first kappa shape index (κ1) is 13.9. The lowest BCUT2D eigenvalue weighted by Gasteiger charge is -2.10. The van der Waals surface area contributed by atoms with Crippen LogP contribution in [0.1, 0.15) is 37.2 Å². The molecule has 9 heteroatoms. The number of rotatable bonds is 4. The van der Waals surface area contributed by atoms with Crippen LogP contribution in [0, 0.1) is 0 Å². The third kappa shape index (κ3) is 2.23. The van der Waals surface area contributed by atoms with Crippen LogP contribution in [0.5, 0.6) is 0 Å². The smallest absolute Gasteiger partial charge is 0.377 e. The molecular formula is C13H9N3O6. The zero-order chi connectivity index (χ0) is 15.7. The summed E-state index contributed by atoms with van der Waals surface area (Å²) in [4.78, 5) is 44.4. The van der Waals surface area contributed by atoms with Crippen molar-refractivity contribution in [1.29, 1.82) is 0 Å². The third-order valence-corrected chi connectivity index (χ3v) is 2.85. The van der Waals surface area contributed by atoms with Crippen LogP contribution in [0.15, 0.2) is 28.8 Å². The minimum atomic E-state index is -1.11. The second-order valence-corrected chi connectivity index (χ2v) is 4.28. The Morgan fingerprint density at radius 3 is 2.45 bits per heavy atom. The quantitative estimate of drug-likeness (QED) is 0.754. The first-order chi connectivity index (χ1) is 10.6. The molecule has 0 radical (unpaired) electrons. The number of amides is 2. The van der Waals surface area contributed by atoms with E-state index in [0.717, 1.165) is 0 Å². The van der Waals surface area contributed by atoms with E-state index < -0.39 is 23.7 Å². The van der Waals surface area contributed by atoms with Gasteiger partial charge in [-0.3, -0.25) is 9.59 Å². The normalized spacial score (nSPS) is 13.4. The van der Waals surface area contributed by atoms with Gasteiger partial charge in [-0.25, -0.2) is 4.79 Å². The molecule has 0 spiro atoms. The van der Waals surface area contributed by atoms with E-state index >= 15 is 0 Å². The predicted octanol–water partition coefficient (Wildman–Crippen LogP) is 0.584. The van der Waals surface area contributed by atoms with Crippen molar-refractivity contribution in [3.8, 4) is 0 Å². The topological polar surface area (TPSA) is 112 Å². The van der Waals surface area contributed by atoms with E-state index in [1.165, 1.54) is 19.2 Å². The highest BCUT2D eigenvalue weighted by molar-refractivity contribution is 6.21. The Labute approximate surface area is 123 Å². The maximum Gasteiger partial charge on any atom is 0.422 e. The maximum absolute atomic E-state index is 12.0. The van der Waals surface area contributed by atoms with Crippen LogP contribution in [0.3, 0.4) is 0 Å². The molecule has 0 atom stereocenters. The zero-order valence-corrected chi connectivity index (χ0v) is 11.3. The van der Waals surface area contributed by atoms with Gasteiger partial charge in [0.05, 0.1) is 11.1 Å². The van der Waals surface area contributed by atoms with Crippen molar-refractivity contribution in [3.63, 3.8) is 0 Å². The van der Waals surface area contributed by atoms with Crippen LogP contribution in [0.25, 0.3) is 0 Å². The van der Waals surface area contributed by atoms with Crippen molar-refractivity contribution in [2.75, 3.05) is 7.11 Å². The molecule has 2 heterocycles. The molecular weight excluding hydrogens is 294 g/mol. The molecule has 2 amide bonds. The van der Waals surface area contributed by atoms with Crippen molar-refractivity contribution in [1.82, 2.24) is 15.2 Å². The first-order valence-electron chi connectivity index (χ1n) is 6.13. The summed E-state index contributed by atoms with van der Waals surface area (Å²) in [6, 6.07) is 6.13. The number of nitrogens with zero attached hydrogens (tertiary/aromatic N) is 3. The number of imide groups is 1. The van der Waals surface area contributed by atoms with E-state index in [1.807, 2.05) is 0 Å². The highest BCUT2D eigenvalue weighted by atomic mass is 16.7. The van der Waals surface area contributed by atoms with Crippen LogP contribution < -0.4 is 0 Å². The number of benzene rings is 1. The number of carbonyl (C=O) groups excluding carboxylic acids is 3. The van der Waals surface area contributed by atoms with Crippen molar-refractivity contribution in [3.05, 3.63) is 47.1 Å². The van der Waals surface area contributed by atoms with Gasteiger partial charge in [-0.1, -0.05) is 22.4 Å². The van der Waals surface area contributed by atoms with Gasteiger partial charge in [0, 0.05) is 7.11 Å². The molecule has 0 bridgehead atoms. The van der Waals surface area contributed by atoms with Crippen LogP contribution in [-0.2, 0) is 16.2 Å². The second-order valence-electron chi connectivity index (χ2n) is 4.28. The number of hydrogen-bond donors (Lipinski definition) is 0. The molecule has 0 saturated heterocycles. The monoisotopic (exact) mass is 303 g/mol. The molecule has 0 fully saturated rings. The van der Waals surface area contributed by atoms with Gasteiger partial charge in [0.25, 0.3) is 11.8 Å². The Kier molecular flexibility index (Phi) is 3.39. The number of hydroxylamine groups is 2. The number of ether oxygens (including phenoxy) is 1. The molecule has 1 aliphatic heterocycles. The van der Waals surface area contributed by atoms with Gasteiger partial charge in [-0.15, -0.1) is 0 Å². The predicted molar refractivity (Wildman–Crippen MR) is 67.4 cm³/mol. The molecule has 9 nitrogen and oxygen atoms in total. The molecule has 2 aromatic rings. The molecule has 22 heavy (non-hydrogen) atoms. The highest BCUT2D eigenvalue weighted by Gasteiger charge is 2.39. The van der Waals surface area contributed by atoms with Gasteiger partial charge in [0.2, 0.25) is 0 Å². The summed E-state index contributed by atoms with van der Waals surface area (Å²) in [5, 5.41) is 3.85. The fraction of sp³-hybridized carbons (Fsp3) is 0.154. The van der Waals surface area contributed by atoms with E-state index in [-0.39, 0.29) is 23.6 Å². The summed E-state index contributed by atoms with van der Waals surface area (Å²) in [5.41, 5.74) is 0.316. The Balaban J connectivity index is 1.77. The van der Waals surface area contributed by atoms with Gasteiger partial charge in [0.15, 0.2) is 5.82 Å². The average molecular weight is 303 g/mol. The molecule has 0 N–H and O–H groups in total. The molecule has 1 aliphatic rings. The Morgan fingerprint density at radius 2 is 1.86 bits per heavy atom. The van der Waals surface area contributed by atoms with Crippen LogP contribution in [0.2, 0.25) is 0 Å². The van der Waals surface area contributed by atoms with Gasteiger partial charge in [-0.05, 0) is 12.1 Å². The van der Waals surface area contributed by atoms with Gasteiger partial charge in [-0.2, -0.15) is 4.98 Å². The fourth-order valence-corrected chi connectivity index (χ4v) is 1.90. The van der Waals surface area contributed by atoms with Gasteiger partial charge < -0.3 is 14.1 Å². The zero-order valence-electron chi connectivity index (χ0n) is 11.3. The number of methoxy groups -OCH3 is 1. The lowest BCUT2D eigenvalue weighted by atomic mass is 10.1. The number of aromatic nitrogens is 2. The standard InChI is InChI=1S/C13H9N3O6/c1-20-6-9-14-10(21-15-9)13(19)22-16-11(17)7-4-2-3-5-8(7)12(16)18/h2-5H,6H2,1H3. The lowest BCUT2D eigenvalue weighted by molar-refractivity contribution is -0.0612. The number of fused-ring (bicyclic) bond motifs is 1. The maximum atomic E-state index is 12.0. The Morgan fingerprint density at radius 1 is 1.23 bits per heavy atom. The molecule has 0 aliphatic carbocycles. The summed E-state index contributed by atoms with van der Waals surface area (Å²) in [6.45, 7) is 0.0454. The molecule has 3 rings (SSSR count). The van der Waals surface area contributed by atoms with Crippen LogP contribution >= 0.6 is 0 Å². The Bertz CT molecular complexity index is 734. The van der Waals surface area contributed by atoms with Crippen LogP contribution in [-0.4, -0.2) is 40.1 Å². The summed E-state index contributed by atoms with van der Waals surface area (Å²) in [7, 11) is 1.42. The van der Waals surface area contributed by atoms with E-state index in [1.54, 1.807) is 12.1 Å². The molecule has 1 aromatic carbocycles. The molecule has 0 saturated carbocycles. The first-order valence-corrected chi connectivity index (χ1v) is 6.13. The molecule has 0 unspecified atom stereocenters. The van der Waals surface area contributed by atoms with Gasteiger partial charge >= 0.3 is 11.9 Å². The van der Waals surface area contributed by atoms with E-state index in [4.69, 9.17) is 9.57 Å². The Hall–Kier alpha value is -3.07. The van der Waals surface area contributed by atoms with Crippen molar-refractivity contribution in [2.24, 2.45) is 0 Å². The van der Waals surface area contributed by atoms with E-state index in [2.05, 4.69) is 14.7 Å². The van der Waals surface area contributed by atoms with Crippen molar-refractivity contribution >= 4 is 17.8 Å². The fourth-order valence-electron chi connectivity index (χ4n) is 1.90. The summed E-state index contributed by atoms with van der Waals surface area (Å²) < 4.78 is 9.45. The number of hydrogen-bond acceptors (Lipinski definition) is 8. The minimum absolute atomic E-state index is 0.0454. The van der Waals surface area contributed by atoms with Crippen molar-refractivity contribution in [2.45, 2.75) is 6.61 Å². The molecule has 112 valence electrons. The lowest BCUT2D eigenvalue weighted by Crippen LogP contribution is -2.32. The molecule has 1 aromatic heterocycles. The SMILES string of the molecule is COCc1noc(C(=O)ON2C(=O)c3ccccc3C2=O)n1. The van der Waals surface area contributed by atoms with Crippen molar-refractivity contribution < 1.29 is 28.5 Å². The van der Waals surface area contributed by atoms with Gasteiger partial charge in [0.1, 0.15) is 6.61 Å². The van der Waals surface area contributed by atoms with Crippen LogP contribution in [0.4, 0.5) is 0 Å².